The van der Waals surface area contributed by atoms with Crippen LogP contribution in [-0.2, 0) is 11.3 Å². The minimum atomic E-state index is -0.945. The first kappa shape index (κ1) is 16.5. The van der Waals surface area contributed by atoms with Crippen molar-refractivity contribution in [1.29, 1.82) is 0 Å². The molecule has 0 spiro atoms. The number of thiazole rings is 1. The van der Waals surface area contributed by atoms with E-state index in [0.717, 1.165) is 23.0 Å². The summed E-state index contributed by atoms with van der Waals surface area (Å²) in [6.45, 7) is 5.74. The number of carboxylic acids is 1. The van der Waals surface area contributed by atoms with E-state index >= 15 is 0 Å². The summed E-state index contributed by atoms with van der Waals surface area (Å²) in [5.41, 5.74) is 9.26. The van der Waals surface area contributed by atoms with Crippen LogP contribution >= 0.6 is 11.3 Å². The molecule has 0 saturated heterocycles. The van der Waals surface area contributed by atoms with Crippen molar-refractivity contribution in [3.63, 3.8) is 0 Å². The van der Waals surface area contributed by atoms with E-state index in [1.54, 1.807) is 6.92 Å². The van der Waals surface area contributed by atoms with Gasteiger partial charge < -0.3 is 20.1 Å². The third-order valence-electron chi connectivity index (χ3n) is 3.83. The number of carbonyl (C=O) groups is 1. The summed E-state index contributed by atoms with van der Waals surface area (Å²) in [5, 5.41) is 10.8. The topological polar surface area (TPSA) is 90.4 Å². The van der Waals surface area contributed by atoms with Crippen LogP contribution in [0.25, 0.3) is 21.5 Å². The summed E-state index contributed by atoms with van der Waals surface area (Å²) in [4.78, 5) is 15.8. The number of nitrogens with two attached hydrogens (primary N) is 1. The van der Waals surface area contributed by atoms with Crippen molar-refractivity contribution in [3.05, 3.63) is 35.0 Å². The number of aryl methyl sites for hydroxylation is 1. The molecule has 0 aliphatic rings. The Kier molecular flexibility index (Phi) is 4.55. The molecule has 0 aliphatic heterocycles. The van der Waals surface area contributed by atoms with E-state index in [0.29, 0.717) is 29.6 Å². The Morgan fingerprint density at radius 3 is 2.92 bits per heavy atom. The van der Waals surface area contributed by atoms with Crippen LogP contribution in [0.3, 0.4) is 0 Å². The minimum Gasteiger partial charge on any atom is -0.477 e. The third kappa shape index (κ3) is 3.00. The first-order valence-electron chi connectivity index (χ1n) is 7.68. The van der Waals surface area contributed by atoms with Crippen LogP contribution in [0.4, 0.5) is 5.69 Å². The highest BCUT2D eigenvalue weighted by molar-refractivity contribution is 7.17. The average Bonchev–Trinajstić information content (AvgIpc) is 3.09. The highest BCUT2D eigenvalue weighted by Crippen LogP contribution is 2.32. The average molecular weight is 345 g/mol. The molecule has 3 N–H and O–H groups in total. The normalized spacial score (nSPS) is 11.2. The van der Waals surface area contributed by atoms with Crippen LogP contribution in [0.15, 0.2) is 24.4 Å². The van der Waals surface area contributed by atoms with E-state index in [2.05, 4.69) is 9.55 Å². The molecule has 3 rings (SSSR count). The van der Waals surface area contributed by atoms with E-state index in [-0.39, 0.29) is 4.88 Å². The largest absolute Gasteiger partial charge is 0.477 e. The number of carboxylic acid groups (broad SMARTS) is 1. The van der Waals surface area contributed by atoms with Crippen LogP contribution in [0, 0.1) is 6.92 Å². The van der Waals surface area contributed by atoms with Crippen LogP contribution in [0.1, 0.15) is 22.3 Å². The van der Waals surface area contributed by atoms with Crippen molar-refractivity contribution in [3.8, 4) is 10.6 Å². The second-order valence-corrected chi connectivity index (χ2v) is 6.44. The molecule has 0 aliphatic carbocycles. The van der Waals surface area contributed by atoms with Gasteiger partial charge in [-0.25, -0.2) is 9.78 Å². The fourth-order valence-electron chi connectivity index (χ4n) is 2.67. The summed E-state index contributed by atoms with van der Waals surface area (Å²) < 4.78 is 7.47. The van der Waals surface area contributed by atoms with Gasteiger partial charge in [0.1, 0.15) is 9.88 Å². The lowest BCUT2D eigenvalue weighted by Crippen LogP contribution is -2.04. The SMILES string of the molecule is CCOCCn1cc(N)c2cc(-c3nc(C)c(C(=O)O)s3)ccc21. The van der Waals surface area contributed by atoms with E-state index in [4.69, 9.17) is 10.5 Å². The van der Waals surface area contributed by atoms with Crippen molar-refractivity contribution in [1.82, 2.24) is 9.55 Å². The van der Waals surface area contributed by atoms with Crippen molar-refractivity contribution < 1.29 is 14.6 Å². The van der Waals surface area contributed by atoms with Crippen molar-refractivity contribution in [2.75, 3.05) is 18.9 Å². The highest BCUT2D eigenvalue weighted by Gasteiger charge is 2.16. The molecule has 0 bridgehead atoms. The number of anilines is 1. The number of hydrogen-bond donors (Lipinski definition) is 2. The zero-order valence-electron chi connectivity index (χ0n) is 13.6. The smallest absolute Gasteiger partial charge is 0.347 e. The zero-order valence-corrected chi connectivity index (χ0v) is 14.4. The lowest BCUT2D eigenvalue weighted by molar-refractivity contribution is 0.0701. The van der Waals surface area contributed by atoms with Gasteiger partial charge in [0.15, 0.2) is 0 Å². The summed E-state index contributed by atoms with van der Waals surface area (Å²) in [7, 11) is 0. The van der Waals surface area contributed by atoms with Crippen molar-refractivity contribution >= 4 is 33.9 Å². The van der Waals surface area contributed by atoms with Gasteiger partial charge in [-0.05, 0) is 32.0 Å². The van der Waals surface area contributed by atoms with E-state index in [1.807, 2.05) is 31.3 Å². The number of fused-ring (bicyclic) bond motifs is 1. The molecule has 0 fully saturated rings. The molecule has 0 saturated carbocycles. The van der Waals surface area contributed by atoms with Crippen LogP contribution in [0.2, 0.25) is 0 Å². The molecule has 0 radical (unpaired) electrons. The number of nitrogen functional groups attached to an aromatic ring is 1. The fourth-order valence-corrected chi connectivity index (χ4v) is 3.57. The van der Waals surface area contributed by atoms with Crippen molar-refractivity contribution in [2.45, 2.75) is 20.4 Å². The van der Waals surface area contributed by atoms with E-state index < -0.39 is 5.97 Å². The maximum Gasteiger partial charge on any atom is 0.347 e. The Balaban J connectivity index is 1.98. The number of hydrogen-bond acceptors (Lipinski definition) is 5. The Morgan fingerprint density at radius 1 is 1.46 bits per heavy atom. The molecular weight excluding hydrogens is 326 g/mol. The molecular formula is C17H19N3O3S. The Hall–Kier alpha value is -2.38. The second kappa shape index (κ2) is 6.62. The summed E-state index contributed by atoms with van der Waals surface area (Å²) in [6.07, 6.45) is 1.91. The molecule has 6 nitrogen and oxygen atoms in total. The first-order valence-corrected chi connectivity index (χ1v) is 8.50. The van der Waals surface area contributed by atoms with E-state index in [1.165, 1.54) is 11.3 Å². The van der Waals surface area contributed by atoms with Gasteiger partial charge in [-0.3, -0.25) is 0 Å². The van der Waals surface area contributed by atoms with Gasteiger partial charge in [0.25, 0.3) is 0 Å². The summed E-state index contributed by atoms with van der Waals surface area (Å²) in [6, 6.07) is 5.90. The quantitative estimate of drug-likeness (QED) is 0.668. The number of aromatic nitrogens is 2. The summed E-state index contributed by atoms with van der Waals surface area (Å²) >= 11 is 1.18. The first-order chi connectivity index (χ1) is 11.5. The van der Waals surface area contributed by atoms with Crippen molar-refractivity contribution in [2.24, 2.45) is 0 Å². The number of nitrogens with zero attached hydrogens (tertiary/aromatic N) is 2. The third-order valence-corrected chi connectivity index (χ3v) is 5.02. The second-order valence-electron chi connectivity index (χ2n) is 5.45. The Bertz CT molecular complexity index is 898. The molecule has 0 atom stereocenters. The molecule has 7 heteroatoms. The monoisotopic (exact) mass is 345 g/mol. The van der Waals surface area contributed by atoms with Gasteiger partial charge in [0.2, 0.25) is 0 Å². The standard InChI is InChI=1S/C17H19N3O3S/c1-3-23-7-6-20-9-13(18)12-8-11(4-5-14(12)20)16-19-10(2)15(24-16)17(21)22/h4-5,8-9H,3,6-7,18H2,1-2H3,(H,21,22). The predicted molar refractivity (Wildman–Crippen MR) is 95.6 cm³/mol. The minimum absolute atomic E-state index is 0.271. The van der Waals surface area contributed by atoms with Crippen LogP contribution in [0.5, 0.6) is 0 Å². The van der Waals surface area contributed by atoms with Gasteiger partial charge in [0, 0.05) is 30.3 Å². The van der Waals surface area contributed by atoms with Crippen LogP contribution in [-0.4, -0.2) is 33.8 Å². The molecule has 2 heterocycles. The Morgan fingerprint density at radius 2 is 2.25 bits per heavy atom. The number of rotatable bonds is 6. The molecule has 0 unspecified atom stereocenters. The predicted octanol–water partition coefficient (Wildman–Crippen LogP) is 3.39. The van der Waals surface area contributed by atoms with Crippen LogP contribution < -0.4 is 5.73 Å². The van der Waals surface area contributed by atoms with Gasteiger partial charge in [-0.15, -0.1) is 11.3 Å². The molecule has 3 aromatic rings. The maximum atomic E-state index is 11.2. The molecule has 24 heavy (non-hydrogen) atoms. The molecule has 0 amide bonds. The highest BCUT2D eigenvalue weighted by atomic mass is 32.1. The van der Waals surface area contributed by atoms with Gasteiger partial charge in [-0.2, -0.15) is 0 Å². The number of aromatic carboxylic acids is 1. The van der Waals surface area contributed by atoms with Gasteiger partial charge in [0.05, 0.1) is 23.5 Å². The fraction of sp³-hybridized carbons (Fsp3) is 0.294. The Labute approximate surface area is 143 Å². The molecule has 1 aromatic carbocycles. The van der Waals surface area contributed by atoms with E-state index in [9.17, 15) is 9.90 Å². The lowest BCUT2D eigenvalue weighted by Gasteiger charge is -2.05. The maximum absolute atomic E-state index is 11.2. The lowest BCUT2D eigenvalue weighted by atomic mass is 10.1. The molecule has 2 aromatic heterocycles. The van der Waals surface area contributed by atoms with Gasteiger partial charge in [-0.1, -0.05) is 0 Å². The zero-order chi connectivity index (χ0) is 17.3. The molecule has 126 valence electrons. The number of benzene rings is 1. The summed E-state index contributed by atoms with van der Waals surface area (Å²) in [5.74, 6) is -0.945. The number of ether oxygens (including phenoxy) is 1. The van der Waals surface area contributed by atoms with Gasteiger partial charge >= 0.3 is 5.97 Å².